The van der Waals surface area contributed by atoms with Crippen LogP contribution in [0.15, 0.2) is 16.5 Å². The standard InChI is InChI=1S/C10H16ClNO2S/c1-7(2)9(14-12)6-15-5-8-3-4-10(11)13-8/h3-4,7,9H,5-6,12H2,1-2H3. The summed E-state index contributed by atoms with van der Waals surface area (Å²) in [6, 6.07) is 3.62. The van der Waals surface area contributed by atoms with E-state index in [2.05, 4.69) is 13.8 Å². The summed E-state index contributed by atoms with van der Waals surface area (Å²) >= 11 is 7.38. The highest BCUT2D eigenvalue weighted by atomic mass is 35.5. The molecule has 15 heavy (non-hydrogen) atoms. The molecule has 0 amide bonds. The molecule has 1 aromatic heterocycles. The van der Waals surface area contributed by atoms with E-state index < -0.39 is 0 Å². The minimum Gasteiger partial charge on any atom is -0.449 e. The van der Waals surface area contributed by atoms with Crippen molar-refractivity contribution in [1.29, 1.82) is 0 Å². The largest absolute Gasteiger partial charge is 0.449 e. The van der Waals surface area contributed by atoms with Gasteiger partial charge in [0.2, 0.25) is 0 Å². The van der Waals surface area contributed by atoms with Gasteiger partial charge in [0.05, 0.1) is 11.9 Å². The van der Waals surface area contributed by atoms with Crippen molar-refractivity contribution in [2.45, 2.75) is 25.7 Å². The fourth-order valence-electron chi connectivity index (χ4n) is 1.09. The van der Waals surface area contributed by atoms with Crippen LogP contribution >= 0.6 is 23.4 Å². The van der Waals surface area contributed by atoms with Crippen LogP contribution in [0.4, 0.5) is 0 Å². The van der Waals surface area contributed by atoms with Crippen LogP contribution in [-0.2, 0) is 10.6 Å². The summed E-state index contributed by atoms with van der Waals surface area (Å²) in [5.74, 6) is 8.14. The lowest BCUT2D eigenvalue weighted by atomic mass is 10.1. The molecule has 1 atom stereocenters. The van der Waals surface area contributed by atoms with Crippen molar-refractivity contribution >= 4 is 23.4 Å². The Balaban J connectivity index is 2.26. The number of hydrogen-bond acceptors (Lipinski definition) is 4. The van der Waals surface area contributed by atoms with Gasteiger partial charge in [0.25, 0.3) is 0 Å². The van der Waals surface area contributed by atoms with Crippen molar-refractivity contribution in [3.8, 4) is 0 Å². The fraction of sp³-hybridized carbons (Fsp3) is 0.600. The molecule has 1 heterocycles. The van der Waals surface area contributed by atoms with Crippen LogP contribution in [0, 0.1) is 5.92 Å². The van der Waals surface area contributed by atoms with Crippen molar-refractivity contribution in [3.05, 3.63) is 23.1 Å². The maximum atomic E-state index is 5.66. The Hall–Kier alpha value is -0.160. The van der Waals surface area contributed by atoms with E-state index in [1.165, 1.54) is 0 Å². The van der Waals surface area contributed by atoms with Gasteiger partial charge in [0, 0.05) is 5.75 Å². The molecule has 5 heteroatoms. The molecule has 86 valence electrons. The molecule has 2 N–H and O–H groups in total. The van der Waals surface area contributed by atoms with E-state index in [0.717, 1.165) is 17.3 Å². The van der Waals surface area contributed by atoms with Gasteiger partial charge in [0.15, 0.2) is 5.22 Å². The lowest BCUT2D eigenvalue weighted by Crippen LogP contribution is -2.25. The predicted octanol–water partition coefficient (Wildman–Crippen LogP) is 3.08. The molecule has 0 bridgehead atoms. The highest BCUT2D eigenvalue weighted by Gasteiger charge is 2.13. The highest BCUT2D eigenvalue weighted by molar-refractivity contribution is 7.98. The molecular formula is C10H16ClNO2S. The molecule has 1 rings (SSSR count). The summed E-state index contributed by atoms with van der Waals surface area (Å²) < 4.78 is 5.23. The first kappa shape index (κ1) is 12.9. The molecule has 0 spiro atoms. The van der Waals surface area contributed by atoms with Gasteiger partial charge >= 0.3 is 0 Å². The van der Waals surface area contributed by atoms with Crippen LogP contribution in [0.3, 0.4) is 0 Å². The van der Waals surface area contributed by atoms with Gasteiger partial charge in [-0.15, -0.1) is 0 Å². The smallest absolute Gasteiger partial charge is 0.193 e. The molecule has 0 aliphatic heterocycles. The number of nitrogens with two attached hydrogens (primary N) is 1. The SMILES string of the molecule is CC(C)C(CSCc1ccc(Cl)o1)ON. The first-order valence-electron chi connectivity index (χ1n) is 4.81. The van der Waals surface area contributed by atoms with Crippen LogP contribution in [0.1, 0.15) is 19.6 Å². The van der Waals surface area contributed by atoms with E-state index in [4.69, 9.17) is 26.8 Å². The Kier molecular flexibility index (Phi) is 5.53. The van der Waals surface area contributed by atoms with Crippen LogP contribution < -0.4 is 5.90 Å². The Morgan fingerprint density at radius 1 is 1.53 bits per heavy atom. The van der Waals surface area contributed by atoms with E-state index in [0.29, 0.717) is 11.1 Å². The van der Waals surface area contributed by atoms with E-state index >= 15 is 0 Å². The quantitative estimate of drug-likeness (QED) is 0.788. The molecule has 0 aromatic carbocycles. The van der Waals surface area contributed by atoms with Crippen LogP contribution in [0.5, 0.6) is 0 Å². The molecule has 1 aromatic rings. The number of halogens is 1. The minimum atomic E-state index is 0.0837. The van der Waals surface area contributed by atoms with Crippen molar-refractivity contribution in [2.75, 3.05) is 5.75 Å². The third-order valence-electron chi connectivity index (χ3n) is 2.07. The lowest BCUT2D eigenvalue weighted by Gasteiger charge is -2.17. The number of thioether (sulfide) groups is 1. The molecule has 0 fully saturated rings. The van der Waals surface area contributed by atoms with Gasteiger partial charge in [-0.05, 0) is 29.7 Å². The van der Waals surface area contributed by atoms with Crippen LogP contribution in [-0.4, -0.2) is 11.9 Å². The van der Waals surface area contributed by atoms with Crippen LogP contribution in [0.25, 0.3) is 0 Å². The summed E-state index contributed by atoms with van der Waals surface area (Å²) in [5, 5.41) is 0.432. The molecule has 0 aliphatic rings. The molecule has 0 radical (unpaired) electrons. The second kappa shape index (κ2) is 6.43. The molecular weight excluding hydrogens is 234 g/mol. The lowest BCUT2D eigenvalue weighted by molar-refractivity contribution is 0.0385. The second-order valence-electron chi connectivity index (χ2n) is 3.64. The van der Waals surface area contributed by atoms with Gasteiger partial charge in [0.1, 0.15) is 5.76 Å². The molecule has 3 nitrogen and oxygen atoms in total. The molecule has 0 saturated heterocycles. The predicted molar refractivity (Wildman–Crippen MR) is 63.8 cm³/mol. The maximum absolute atomic E-state index is 5.66. The summed E-state index contributed by atoms with van der Waals surface area (Å²) in [7, 11) is 0. The first-order valence-corrected chi connectivity index (χ1v) is 6.34. The molecule has 0 saturated carbocycles. The van der Waals surface area contributed by atoms with E-state index in [1.807, 2.05) is 6.07 Å². The fourth-order valence-corrected chi connectivity index (χ4v) is 2.43. The molecule has 1 unspecified atom stereocenters. The maximum Gasteiger partial charge on any atom is 0.193 e. The van der Waals surface area contributed by atoms with Crippen molar-refractivity contribution in [1.82, 2.24) is 0 Å². The Labute approximate surface area is 99.2 Å². The van der Waals surface area contributed by atoms with Gasteiger partial charge < -0.3 is 9.25 Å². The van der Waals surface area contributed by atoms with Crippen LogP contribution in [0.2, 0.25) is 5.22 Å². The summed E-state index contributed by atoms with van der Waals surface area (Å²) in [6.45, 7) is 4.17. The van der Waals surface area contributed by atoms with E-state index in [9.17, 15) is 0 Å². The number of furan rings is 1. The number of hydrogen-bond donors (Lipinski definition) is 1. The summed E-state index contributed by atoms with van der Waals surface area (Å²) in [5.41, 5.74) is 0. The second-order valence-corrected chi connectivity index (χ2v) is 5.04. The highest BCUT2D eigenvalue weighted by Crippen LogP contribution is 2.20. The minimum absolute atomic E-state index is 0.0837. The normalized spacial score (nSPS) is 13.4. The van der Waals surface area contributed by atoms with E-state index in [1.54, 1.807) is 17.8 Å². The number of rotatable bonds is 6. The van der Waals surface area contributed by atoms with Gasteiger partial charge in [-0.1, -0.05) is 13.8 Å². The van der Waals surface area contributed by atoms with Crippen molar-refractivity contribution in [3.63, 3.8) is 0 Å². The van der Waals surface area contributed by atoms with Crippen molar-refractivity contribution in [2.24, 2.45) is 11.8 Å². The third kappa shape index (κ3) is 4.47. The Bertz CT molecular complexity index is 291. The first-order chi connectivity index (χ1) is 7.13. The zero-order valence-electron chi connectivity index (χ0n) is 8.90. The van der Waals surface area contributed by atoms with Gasteiger partial charge in [-0.2, -0.15) is 11.8 Å². The van der Waals surface area contributed by atoms with Gasteiger partial charge in [-0.25, -0.2) is 5.90 Å². The van der Waals surface area contributed by atoms with Gasteiger partial charge in [-0.3, -0.25) is 0 Å². The Morgan fingerprint density at radius 2 is 2.27 bits per heavy atom. The monoisotopic (exact) mass is 249 g/mol. The summed E-state index contributed by atoms with van der Waals surface area (Å²) in [6.07, 6.45) is 0.0837. The molecule has 0 aliphatic carbocycles. The Morgan fingerprint density at radius 3 is 2.73 bits per heavy atom. The van der Waals surface area contributed by atoms with Crippen molar-refractivity contribution < 1.29 is 9.25 Å². The van der Waals surface area contributed by atoms with E-state index in [-0.39, 0.29) is 6.10 Å². The third-order valence-corrected chi connectivity index (χ3v) is 3.33. The average molecular weight is 250 g/mol. The average Bonchev–Trinajstić information content (AvgIpc) is 2.58. The zero-order valence-corrected chi connectivity index (χ0v) is 10.5. The summed E-state index contributed by atoms with van der Waals surface area (Å²) in [4.78, 5) is 4.88. The zero-order chi connectivity index (χ0) is 11.3. The topological polar surface area (TPSA) is 48.4 Å².